The van der Waals surface area contributed by atoms with Crippen molar-refractivity contribution in [2.45, 2.75) is 32.3 Å². The second-order valence-corrected chi connectivity index (χ2v) is 5.11. The maximum absolute atomic E-state index is 12.0. The van der Waals surface area contributed by atoms with Crippen molar-refractivity contribution in [3.63, 3.8) is 0 Å². The van der Waals surface area contributed by atoms with E-state index < -0.39 is 6.10 Å². The Morgan fingerprint density at radius 3 is 2.94 bits per heavy atom. The summed E-state index contributed by atoms with van der Waals surface area (Å²) in [6.07, 6.45) is 4.59. The summed E-state index contributed by atoms with van der Waals surface area (Å²) in [5, 5.41) is 17.8. The van der Waals surface area contributed by atoms with E-state index in [0.717, 1.165) is 25.0 Å². The fourth-order valence-electron chi connectivity index (χ4n) is 1.85. The fourth-order valence-corrected chi connectivity index (χ4v) is 2.68. The third-order valence-electron chi connectivity index (χ3n) is 2.73. The zero-order valence-electron chi connectivity index (χ0n) is 10.3. The molecule has 0 aliphatic heterocycles. The van der Waals surface area contributed by atoms with Crippen LogP contribution in [0.2, 0.25) is 0 Å². The normalized spacial score (nSPS) is 16.8. The molecule has 0 aromatic carbocycles. The Morgan fingerprint density at radius 1 is 1.65 bits per heavy atom. The second kappa shape index (κ2) is 7.74. The molecule has 98 valence electrons. The summed E-state index contributed by atoms with van der Waals surface area (Å²) in [4.78, 5) is 13.8. The van der Waals surface area contributed by atoms with Crippen LogP contribution in [0.25, 0.3) is 0 Å². The van der Waals surface area contributed by atoms with Crippen molar-refractivity contribution in [3.05, 3.63) is 11.8 Å². The molecular weight excluding hydrogens is 238 g/mol. The highest BCUT2D eigenvalue weighted by Crippen LogP contribution is 2.22. The highest BCUT2D eigenvalue weighted by molar-refractivity contribution is 7.99. The monoisotopic (exact) mass is 259 g/mol. The summed E-state index contributed by atoms with van der Waals surface area (Å²) >= 11 is 1.37. The van der Waals surface area contributed by atoms with Crippen molar-refractivity contribution in [1.29, 1.82) is 0 Å². The predicted octanol–water partition coefficient (Wildman–Crippen LogP) is 0.989. The topological polar surface area (TPSA) is 60.8 Å². The minimum atomic E-state index is -0.728. The summed E-state index contributed by atoms with van der Waals surface area (Å²) in [5.41, 5.74) is 1.14. The zero-order valence-corrected chi connectivity index (χ0v) is 11.1. The first-order valence-corrected chi connectivity index (χ1v) is 7.20. The van der Waals surface area contributed by atoms with Gasteiger partial charge in [0.2, 0.25) is 5.91 Å². The Labute approximate surface area is 107 Å². The lowest BCUT2D eigenvalue weighted by molar-refractivity contribution is -0.126. The van der Waals surface area contributed by atoms with Crippen LogP contribution in [0, 0.1) is 0 Å². The molecule has 1 atom stereocenters. The maximum atomic E-state index is 12.0. The number of amides is 1. The molecule has 1 unspecified atom stereocenters. The smallest absolute Gasteiger partial charge is 0.236 e. The van der Waals surface area contributed by atoms with Crippen molar-refractivity contribution >= 4 is 17.7 Å². The summed E-state index contributed by atoms with van der Waals surface area (Å²) in [6.45, 7) is 2.43. The molecule has 4 nitrogen and oxygen atoms in total. The molecule has 0 heterocycles. The van der Waals surface area contributed by atoms with E-state index in [2.05, 4.69) is 6.08 Å². The molecule has 0 fully saturated rings. The van der Waals surface area contributed by atoms with Gasteiger partial charge in [0.15, 0.2) is 0 Å². The number of aliphatic hydroxyl groups excluding tert-OH is 2. The van der Waals surface area contributed by atoms with Gasteiger partial charge in [-0.1, -0.05) is 6.08 Å². The van der Waals surface area contributed by atoms with Crippen molar-refractivity contribution in [1.82, 2.24) is 4.90 Å². The van der Waals surface area contributed by atoms with Gasteiger partial charge in [-0.15, -0.1) is 11.8 Å². The van der Waals surface area contributed by atoms with Gasteiger partial charge in [-0.2, -0.15) is 0 Å². The van der Waals surface area contributed by atoms with Crippen molar-refractivity contribution < 1.29 is 15.0 Å². The van der Waals surface area contributed by atoms with Crippen LogP contribution >= 0.6 is 11.8 Å². The summed E-state index contributed by atoms with van der Waals surface area (Å²) in [5.74, 6) is 0.858. The molecule has 1 rings (SSSR count). The quantitative estimate of drug-likeness (QED) is 0.716. The summed E-state index contributed by atoms with van der Waals surface area (Å²) in [6, 6.07) is 0. The van der Waals surface area contributed by atoms with Gasteiger partial charge in [0.1, 0.15) is 0 Å². The van der Waals surface area contributed by atoms with E-state index in [4.69, 9.17) is 5.11 Å². The number of aliphatic hydroxyl groups is 2. The van der Waals surface area contributed by atoms with Gasteiger partial charge in [-0.3, -0.25) is 4.79 Å². The molecule has 1 aliphatic carbocycles. The summed E-state index contributed by atoms with van der Waals surface area (Å²) in [7, 11) is 0. The molecule has 1 aliphatic rings. The molecule has 0 aromatic heterocycles. The minimum absolute atomic E-state index is 0.0933. The molecule has 0 saturated carbocycles. The number of carbonyl (C=O) groups is 1. The molecule has 0 saturated heterocycles. The average molecular weight is 259 g/mol. The van der Waals surface area contributed by atoms with E-state index >= 15 is 0 Å². The molecular formula is C12H21NO3S. The first-order valence-electron chi connectivity index (χ1n) is 6.05. The lowest BCUT2D eigenvalue weighted by atomic mass is 10.3. The fraction of sp³-hybridized carbons (Fsp3) is 0.750. The Hall–Kier alpha value is -0.520. The van der Waals surface area contributed by atoms with Crippen molar-refractivity contribution in [2.24, 2.45) is 0 Å². The van der Waals surface area contributed by atoms with E-state index in [1.165, 1.54) is 11.8 Å². The van der Waals surface area contributed by atoms with Crippen LogP contribution in [-0.4, -0.2) is 51.8 Å². The van der Waals surface area contributed by atoms with Crippen molar-refractivity contribution in [3.8, 4) is 0 Å². The molecule has 2 N–H and O–H groups in total. The lowest BCUT2D eigenvalue weighted by Gasteiger charge is -2.22. The molecule has 0 bridgehead atoms. The first-order chi connectivity index (χ1) is 8.19. The number of carbonyl (C=O) groups excluding carboxylic acids is 1. The van der Waals surface area contributed by atoms with Gasteiger partial charge < -0.3 is 15.1 Å². The molecule has 0 radical (unpaired) electrons. The van der Waals surface area contributed by atoms with Gasteiger partial charge in [-0.05, 0) is 26.2 Å². The van der Waals surface area contributed by atoms with Gasteiger partial charge in [0, 0.05) is 18.0 Å². The molecule has 17 heavy (non-hydrogen) atoms. The lowest BCUT2D eigenvalue weighted by Crippen LogP contribution is -2.31. The average Bonchev–Trinajstić information content (AvgIpc) is 2.83. The van der Waals surface area contributed by atoms with Crippen LogP contribution in [-0.2, 0) is 4.79 Å². The molecule has 5 heteroatoms. The van der Waals surface area contributed by atoms with Gasteiger partial charge in [0.25, 0.3) is 0 Å². The SMILES string of the molecule is CCN(C(=O)CSCC(O)CO)C1=CCCC1. The third kappa shape index (κ3) is 4.69. The van der Waals surface area contributed by atoms with E-state index in [9.17, 15) is 9.90 Å². The Kier molecular flexibility index (Phi) is 6.62. The predicted molar refractivity (Wildman–Crippen MR) is 69.7 cm³/mol. The van der Waals surface area contributed by atoms with Crippen LogP contribution in [0.5, 0.6) is 0 Å². The molecule has 0 spiro atoms. The zero-order chi connectivity index (χ0) is 12.7. The highest BCUT2D eigenvalue weighted by atomic mass is 32.2. The Bertz CT molecular complexity index is 281. The largest absolute Gasteiger partial charge is 0.394 e. The number of hydrogen-bond acceptors (Lipinski definition) is 4. The van der Waals surface area contributed by atoms with Gasteiger partial charge in [0.05, 0.1) is 18.5 Å². The van der Waals surface area contributed by atoms with E-state index in [1.54, 1.807) is 0 Å². The Balaban J connectivity index is 2.34. The van der Waals surface area contributed by atoms with E-state index in [-0.39, 0.29) is 12.5 Å². The van der Waals surface area contributed by atoms with E-state index in [1.807, 2.05) is 11.8 Å². The van der Waals surface area contributed by atoms with Crippen LogP contribution in [0.4, 0.5) is 0 Å². The number of hydrogen-bond donors (Lipinski definition) is 2. The first kappa shape index (κ1) is 14.5. The second-order valence-electron chi connectivity index (χ2n) is 4.08. The minimum Gasteiger partial charge on any atom is -0.394 e. The Morgan fingerprint density at radius 2 is 2.41 bits per heavy atom. The molecule has 1 amide bonds. The number of thioether (sulfide) groups is 1. The number of nitrogens with zero attached hydrogens (tertiary/aromatic N) is 1. The number of allylic oxidation sites excluding steroid dienone is 2. The third-order valence-corrected chi connectivity index (χ3v) is 3.80. The van der Waals surface area contributed by atoms with Crippen molar-refractivity contribution in [2.75, 3.05) is 24.7 Å². The van der Waals surface area contributed by atoms with E-state index in [0.29, 0.717) is 18.1 Å². The summed E-state index contributed by atoms with van der Waals surface area (Å²) < 4.78 is 0. The van der Waals surface area contributed by atoms with Gasteiger partial charge in [-0.25, -0.2) is 0 Å². The highest BCUT2D eigenvalue weighted by Gasteiger charge is 2.18. The van der Waals surface area contributed by atoms with Gasteiger partial charge >= 0.3 is 0 Å². The number of rotatable bonds is 7. The maximum Gasteiger partial charge on any atom is 0.236 e. The van der Waals surface area contributed by atoms with Crippen LogP contribution in [0.15, 0.2) is 11.8 Å². The van der Waals surface area contributed by atoms with Crippen LogP contribution < -0.4 is 0 Å². The van der Waals surface area contributed by atoms with Crippen LogP contribution in [0.3, 0.4) is 0 Å². The standard InChI is InChI=1S/C12H21NO3S/c1-2-13(10-5-3-4-6-10)12(16)9-17-8-11(15)7-14/h5,11,14-15H,2-4,6-9H2,1H3. The molecule has 0 aromatic rings. The van der Waals surface area contributed by atoms with Crippen LogP contribution in [0.1, 0.15) is 26.2 Å².